The molecule has 4 unspecified atom stereocenters. The van der Waals surface area contributed by atoms with Gasteiger partial charge in [-0.05, 0) is 79.9 Å². The van der Waals surface area contributed by atoms with Gasteiger partial charge in [0.25, 0.3) is 5.91 Å². The van der Waals surface area contributed by atoms with Gasteiger partial charge in [0.15, 0.2) is 0 Å². The van der Waals surface area contributed by atoms with Crippen LogP contribution in [0.5, 0.6) is 0 Å². The first-order valence-electron chi connectivity index (χ1n) is 15.2. The van der Waals surface area contributed by atoms with Crippen LogP contribution in [0.1, 0.15) is 81.5 Å². The number of anilines is 1. The number of thioether (sulfide) groups is 1. The SMILES string of the molecule is COC(=O)C[C@@H]1CCN(c2ccc(C(=O)NC3C4=CC(C)C[C@]5(OC(F)F)CC4C3C5)c(SC3CCCCC3)n2)C1. The number of ether oxygens (including phenoxy) is 2. The average Bonchev–Trinajstić information content (AvgIpc) is 3.50. The number of carbonyl (C=O) groups excluding carboxylic acids is 2. The minimum absolute atomic E-state index is 0.120. The minimum atomic E-state index is -2.79. The van der Waals surface area contributed by atoms with Crippen molar-refractivity contribution < 1.29 is 27.8 Å². The molecule has 0 spiro atoms. The van der Waals surface area contributed by atoms with E-state index in [1.807, 2.05) is 19.1 Å². The van der Waals surface area contributed by atoms with Crippen LogP contribution < -0.4 is 10.2 Å². The summed E-state index contributed by atoms with van der Waals surface area (Å²) in [6.45, 7) is 0.811. The topological polar surface area (TPSA) is 80.8 Å². The number of alkyl halides is 2. The number of nitrogens with one attached hydrogen (secondary N) is 1. The van der Waals surface area contributed by atoms with Gasteiger partial charge in [0.1, 0.15) is 10.8 Å². The minimum Gasteiger partial charge on any atom is -0.469 e. The van der Waals surface area contributed by atoms with E-state index in [2.05, 4.69) is 16.3 Å². The zero-order valence-corrected chi connectivity index (χ0v) is 24.8. The van der Waals surface area contributed by atoms with Crippen LogP contribution in [0.4, 0.5) is 14.6 Å². The lowest BCUT2D eigenvalue weighted by Crippen LogP contribution is -2.53. The van der Waals surface area contributed by atoms with Crippen molar-refractivity contribution in [2.24, 2.45) is 23.7 Å². The van der Waals surface area contributed by atoms with Gasteiger partial charge in [0, 0.05) is 18.3 Å². The van der Waals surface area contributed by atoms with E-state index in [1.165, 1.54) is 31.9 Å². The molecule has 7 nitrogen and oxygen atoms in total. The average molecular weight is 590 g/mol. The Bertz CT molecular complexity index is 1190. The van der Waals surface area contributed by atoms with Crippen LogP contribution in [-0.2, 0) is 14.3 Å². The van der Waals surface area contributed by atoms with Crippen LogP contribution in [0.2, 0.25) is 0 Å². The van der Waals surface area contributed by atoms with Crippen LogP contribution in [0.3, 0.4) is 0 Å². The molecule has 2 bridgehead atoms. The highest BCUT2D eigenvalue weighted by molar-refractivity contribution is 7.99. The Morgan fingerprint density at radius 2 is 1.98 bits per heavy atom. The Kier molecular flexibility index (Phi) is 8.33. The van der Waals surface area contributed by atoms with Crippen LogP contribution in [-0.4, -0.2) is 60.6 Å². The molecule has 1 aromatic heterocycles. The second kappa shape index (κ2) is 11.8. The Balaban J connectivity index is 1.20. The third-order valence-electron chi connectivity index (χ3n) is 9.94. The highest BCUT2D eigenvalue weighted by Gasteiger charge is 2.60. The fourth-order valence-electron chi connectivity index (χ4n) is 8.13. The number of methoxy groups -OCH3 is 1. The zero-order valence-electron chi connectivity index (χ0n) is 24.0. The molecular formula is C31H41F2N3O4S. The summed E-state index contributed by atoms with van der Waals surface area (Å²) in [4.78, 5) is 32.9. The lowest BCUT2D eigenvalue weighted by molar-refractivity contribution is -0.212. The van der Waals surface area contributed by atoms with Gasteiger partial charge >= 0.3 is 12.6 Å². The second-order valence-electron chi connectivity index (χ2n) is 12.8. The quantitative estimate of drug-likeness (QED) is 0.281. The molecule has 5 aliphatic rings. The summed E-state index contributed by atoms with van der Waals surface area (Å²) in [7, 11) is 1.42. The number of amides is 1. The highest BCUT2D eigenvalue weighted by Crippen LogP contribution is 2.60. The normalized spacial score (nSPS) is 32.9. The van der Waals surface area contributed by atoms with E-state index in [-0.39, 0.29) is 41.6 Å². The predicted octanol–water partition coefficient (Wildman–Crippen LogP) is 5.98. The summed E-state index contributed by atoms with van der Waals surface area (Å²) < 4.78 is 36.8. The molecule has 1 amide bonds. The molecule has 1 N–H and O–H groups in total. The summed E-state index contributed by atoms with van der Waals surface area (Å²) >= 11 is 1.71. The Labute approximate surface area is 245 Å². The number of hydrogen-bond donors (Lipinski definition) is 1. The predicted molar refractivity (Wildman–Crippen MR) is 153 cm³/mol. The number of halogens is 2. The summed E-state index contributed by atoms with van der Waals surface area (Å²) in [6.07, 6.45) is 11.1. The monoisotopic (exact) mass is 589 g/mol. The van der Waals surface area contributed by atoms with Gasteiger partial charge in [-0.25, -0.2) is 4.98 Å². The molecule has 2 heterocycles. The van der Waals surface area contributed by atoms with E-state index in [4.69, 9.17) is 14.5 Å². The molecule has 10 heteroatoms. The smallest absolute Gasteiger partial charge is 0.345 e. The highest BCUT2D eigenvalue weighted by atomic mass is 32.2. The van der Waals surface area contributed by atoms with Crippen molar-refractivity contribution in [2.45, 2.75) is 99.7 Å². The maximum absolute atomic E-state index is 13.8. The Morgan fingerprint density at radius 3 is 2.73 bits per heavy atom. The van der Waals surface area contributed by atoms with E-state index in [1.54, 1.807) is 11.8 Å². The molecular weight excluding hydrogens is 548 g/mol. The number of hydrogen-bond acceptors (Lipinski definition) is 7. The number of nitrogens with zero attached hydrogens (tertiary/aromatic N) is 2. The third-order valence-corrected chi connectivity index (χ3v) is 11.3. The van der Waals surface area contributed by atoms with Crippen molar-refractivity contribution in [2.75, 3.05) is 25.1 Å². The first-order valence-corrected chi connectivity index (χ1v) is 16.1. The second-order valence-corrected chi connectivity index (χ2v) is 14.1. The fraction of sp³-hybridized carbons (Fsp3) is 0.710. The maximum Gasteiger partial charge on any atom is 0.345 e. The summed E-state index contributed by atoms with van der Waals surface area (Å²) in [5.41, 5.74) is 0.941. The van der Waals surface area contributed by atoms with Crippen molar-refractivity contribution >= 4 is 29.5 Å². The largest absolute Gasteiger partial charge is 0.469 e. The summed E-state index contributed by atoms with van der Waals surface area (Å²) in [5.74, 6) is 1.17. The standard InChI is InChI=1S/C31H41F2N3O4S/c1-18-12-22-23-15-31(14-18,40-30(32)33)16-24(23)27(22)35-28(38)21-8-9-25(34-29(21)41-20-6-4-3-5-7-20)36-11-10-19(17-36)13-26(37)39-2/h8-9,12,18-20,23-24,27,30H,3-7,10-11,13-17H2,1-2H3,(H,35,38)/t18?,19-,23?,24?,27?,31-/m0/s1. The number of allylic oxidation sites excluding steroid dienone is 1. The zero-order chi connectivity index (χ0) is 28.7. The van der Waals surface area contributed by atoms with Gasteiger partial charge in [0.2, 0.25) is 0 Å². The van der Waals surface area contributed by atoms with Crippen molar-refractivity contribution in [1.82, 2.24) is 10.3 Å². The van der Waals surface area contributed by atoms with Crippen LogP contribution in [0.25, 0.3) is 0 Å². The molecule has 41 heavy (non-hydrogen) atoms. The number of fused-ring (bicyclic) bond motifs is 1. The molecule has 1 aromatic rings. The maximum atomic E-state index is 13.8. The van der Waals surface area contributed by atoms with Crippen molar-refractivity contribution in [1.29, 1.82) is 0 Å². The molecule has 0 radical (unpaired) electrons. The van der Waals surface area contributed by atoms with E-state index >= 15 is 0 Å². The van der Waals surface area contributed by atoms with E-state index in [0.29, 0.717) is 36.5 Å². The number of rotatable bonds is 9. The lowest BCUT2D eigenvalue weighted by atomic mass is 9.65. The van der Waals surface area contributed by atoms with Crippen molar-refractivity contribution in [3.8, 4) is 0 Å². The van der Waals surface area contributed by atoms with Gasteiger partial charge in [-0.3, -0.25) is 9.59 Å². The first-order chi connectivity index (χ1) is 19.7. The molecule has 224 valence electrons. The van der Waals surface area contributed by atoms with Gasteiger partial charge in [-0.1, -0.05) is 32.3 Å². The number of aromatic nitrogens is 1. The summed E-state index contributed by atoms with van der Waals surface area (Å²) in [6, 6.07) is 3.66. The molecule has 1 aliphatic heterocycles. The molecule has 3 saturated carbocycles. The van der Waals surface area contributed by atoms with E-state index < -0.39 is 12.2 Å². The van der Waals surface area contributed by atoms with E-state index in [9.17, 15) is 18.4 Å². The van der Waals surface area contributed by atoms with Crippen LogP contribution in [0.15, 0.2) is 28.8 Å². The molecule has 4 fully saturated rings. The van der Waals surface area contributed by atoms with E-state index in [0.717, 1.165) is 43.2 Å². The molecule has 0 aromatic carbocycles. The summed E-state index contributed by atoms with van der Waals surface area (Å²) in [5, 5.41) is 4.47. The number of carbonyl (C=O) groups is 2. The molecule has 6 atom stereocenters. The number of pyridine rings is 1. The van der Waals surface area contributed by atoms with Crippen molar-refractivity contribution in [3.63, 3.8) is 0 Å². The molecule has 4 aliphatic carbocycles. The van der Waals surface area contributed by atoms with Crippen LogP contribution >= 0.6 is 11.8 Å². The van der Waals surface area contributed by atoms with Gasteiger partial charge in [0.05, 0.1) is 30.7 Å². The molecule has 1 saturated heterocycles. The van der Waals surface area contributed by atoms with Crippen molar-refractivity contribution in [3.05, 3.63) is 29.3 Å². The van der Waals surface area contributed by atoms with Gasteiger partial charge in [-0.15, -0.1) is 11.8 Å². The van der Waals surface area contributed by atoms with Gasteiger partial charge < -0.3 is 19.7 Å². The Hall–Kier alpha value is -2.20. The van der Waals surface area contributed by atoms with Gasteiger partial charge in [-0.2, -0.15) is 8.78 Å². The number of esters is 1. The molecule has 6 rings (SSSR count). The van der Waals surface area contributed by atoms with Crippen LogP contribution in [0, 0.1) is 23.7 Å². The Morgan fingerprint density at radius 1 is 1.17 bits per heavy atom. The lowest BCUT2D eigenvalue weighted by Gasteiger charge is -2.45. The first kappa shape index (κ1) is 28.9. The fourth-order valence-corrected chi connectivity index (χ4v) is 9.45. The third kappa shape index (κ3) is 6.01.